The van der Waals surface area contributed by atoms with E-state index < -0.39 is 18.1 Å². The molecule has 0 amide bonds. The van der Waals surface area contributed by atoms with Gasteiger partial charge in [0.1, 0.15) is 0 Å². The van der Waals surface area contributed by atoms with Gasteiger partial charge in [-0.05, 0) is 50.5 Å². The van der Waals surface area contributed by atoms with Gasteiger partial charge in [0.2, 0.25) is 5.95 Å². The fourth-order valence-electron chi connectivity index (χ4n) is 6.27. The minimum absolute atomic E-state index is 0.0567. The van der Waals surface area contributed by atoms with Crippen molar-refractivity contribution in [1.82, 2.24) is 14.5 Å². The lowest BCUT2D eigenvalue weighted by molar-refractivity contribution is 1.01. The fourth-order valence-corrected chi connectivity index (χ4v) is 6.27. The monoisotopic (exact) mass is 500 g/mol. The number of aromatic nitrogens is 3. The van der Waals surface area contributed by atoms with Crippen LogP contribution in [-0.4, -0.2) is 14.5 Å². The lowest BCUT2D eigenvalue weighted by Gasteiger charge is -2.11. The lowest BCUT2D eigenvalue weighted by Crippen LogP contribution is -2.03. The van der Waals surface area contributed by atoms with Gasteiger partial charge >= 0.3 is 0 Å². The van der Waals surface area contributed by atoms with E-state index in [0.29, 0.717) is 22.5 Å². The molecule has 0 saturated heterocycles. The lowest BCUT2D eigenvalue weighted by atomic mass is 9.91. The quantitative estimate of drug-likeness (QED) is 0.221. The van der Waals surface area contributed by atoms with E-state index in [-0.39, 0.29) is 17.6 Å². The molecule has 9 aromatic rings. The molecule has 0 aliphatic carbocycles. The van der Waals surface area contributed by atoms with Crippen molar-refractivity contribution in [2.75, 3.05) is 0 Å². The topological polar surface area (TPSA) is 30.7 Å². The van der Waals surface area contributed by atoms with Crippen LogP contribution in [0.25, 0.3) is 82.2 Å². The second kappa shape index (κ2) is 7.62. The molecule has 2 heterocycles. The molecule has 7 aromatic carbocycles. The Labute approximate surface area is 230 Å². The first-order valence-electron chi connectivity index (χ1n) is 15.4. The van der Waals surface area contributed by atoms with Gasteiger partial charge in [0.15, 0.2) is 0 Å². The third kappa shape index (κ3) is 2.76. The SMILES string of the molecule is [2H]c1c([2H])c([2H])c(-c2nc(-n3c4cccc5c6ccc7ccccc7c6c6cccc3c6c54)nc3ccccc23)c([2H])c1[2H]. The summed E-state index contributed by atoms with van der Waals surface area (Å²) in [7, 11) is 0. The van der Waals surface area contributed by atoms with Gasteiger partial charge in [0, 0.05) is 21.7 Å². The van der Waals surface area contributed by atoms with Crippen molar-refractivity contribution in [3.8, 4) is 17.2 Å². The zero-order chi connectivity index (χ0) is 29.9. The molecule has 0 radical (unpaired) electrons. The number of fused-ring (bicyclic) bond motifs is 6. The average molecular weight is 501 g/mol. The van der Waals surface area contributed by atoms with Crippen LogP contribution in [0.4, 0.5) is 0 Å². The zero-order valence-electron chi connectivity index (χ0n) is 25.6. The number of nitrogens with zero attached hydrogens (tertiary/aromatic N) is 3. The van der Waals surface area contributed by atoms with E-state index >= 15 is 0 Å². The van der Waals surface area contributed by atoms with Gasteiger partial charge in [-0.2, -0.15) is 0 Å². The summed E-state index contributed by atoms with van der Waals surface area (Å²) in [5, 5.41) is 9.86. The predicted octanol–water partition coefficient (Wildman–Crippen LogP) is 9.29. The summed E-state index contributed by atoms with van der Waals surface area (Å²) in [5.74, 6) is 0.371. The van der Waals surface area contributed by atoms with Gasteiger partial charge in [-0.1, -0.05) is 109 Å². The van der Waals surface area contributed by atoms with E-state index in [0.717, 1.165) is 32.6 Å². The van der Waals surface area contributed by atoms with Crippen molar-refractivity contribution in [1.29, 1.82) is 0 Å². The van der Waals surface area contributed by atoms with E-state index in [1.165, 1.54) is 21.5 Å². The smallest absolute Gasteiger partial charge is 0.235 e. The number of para-hydroxylation sites is 1. The maximum Gasteiger partial charge on any atom is 0.235 e. The molecule has 180 valence electrons. The molecule has 0 unspecified atom stereocenters. The number of benzene rings is 7. The molecule has 0 spiro atoms. The molecule has 0 bridgehead atoms. The van der Waals surface area contributed by atoms with E-state index in [2.05, 4.69) is 72.8 Å². The molecule has 0 N–H and O–H groups in total. The summed E-state index contributed by atoms with van der Waals surface area (Å²) >= 11 is 0. The Morgan fingerprint density at radius 3 is 2.03 bits per heavy atom. The van der Waals surface area contributed by atoms with Crippen LogP contribution in [0.5, 0.6) is 0 Å². The molecular formula is C36H21N3. The first kappa shape index (κ1) is 16.5. The number of hydrogen-bond donors (Lipinski definition) is 0. The van der Waals surface area contributed by atoms with Gasteiger partial charge in [-0.3, -0.25) is 4.57 Å². The predicted molar refractivity (Wildman–Crippen MR) is 163 cm³/mol. The molecular weight excluding hydrogens is 474 g/mol. The maximum atomic E-state index is 8.72. The Morgan fingerprint density at radius 1 is 0.513 bits per heavy atom. The molecule has 3 nitrogen and oxygen atoms in total. The molecule has 0 saturated carbocycles. The van der Waals surface area contributed by atoms with Crippen LogP contribution >= 0.6 is 0 Å². The van der Waals surface area contributed by atoms with Crippen molar-refractivity contribution in [3.63, 3.8) is 0 Å². The van der Waals surface area contributed by atoms with Crippen LogP contribution in [0.3, 0.4) is 0 Å². The third-order valence-corrected chi connectivity index (χ3v) is 7.83. The molecule has 0 atom stereocenters. The third-order valence-electron chi connectivity index (χ3n) is 7.83. The Kier molecular flexibility index (Phi) is 3.23. The molecule has 0 fully saturated rings. The molecule has 0 aliphatic heterocycles. The van der Waals surface area contributed by atoms with Crippen LogP contribution in [0.1, 0.15) is 6.85 Å². The minimum Gasteiger partial charge on any atom is -0.278 e. The average Bonchev–Trinajstić information content (AvgIpc) is 3.41. The van der Waals surface area contributed by atoms with Crippen LogP contribution in [-0.2, 0) is 0 Å². The van der Waals surface area contributed by atoms with Crippen LogP contribution < -0.4 is 0 Å². The summed E-state index contributed by atoms with van der Waals surface area (Å²) in [6, 6.07) is 31.0. The second-order valence-electron chi connectivity index (χ2n) is 9.83. The highest BCUT2D eigenvalue weighted by Crippen LogP contribution is 2.45. The van der Waals surface area contributed by atoms with E-state index in [1.54, 1.807) is 0 Å². The van der Waals surface area contributed by atoms with E-state index in [9.17, 15) is 0 Å². The molecule has 0 aliphatic rings. The highest BCUT2D eigenvalue weighted by Gasteiger charge is 2.22. The number of hydrogen-bond acceptors (Lipinski definition) is 2. The molecule has 39 heavy (non-hydrogen) atoms. The Balaban J connectivity index is 1.46. The van der Waals surface area contributed by atoms with Gasteiger partial charge in [-0.25, -0.2) is 9.97 Å². The zero-order valence-corrected chi connectivity index (χ0v) is 20.6. The van der Waals surface area contributed by atoms with Crippen LogP contribution in [0.2, 0.25) is 0 Å². The van der Waals surface area contributed by atoms with Crippen LogP contribution in [0.15, 0.2) is 127 Å². The summed E-state index contributed by atoms with van der Waals surface area (Å²) in [5.41, 5.74) is 2.85. The fraction of sp³-hybridized carbons (Fsp3) is 0. The summed E-state index contributed by atoms with van der Waals surface area (Å²) in [6.07, 6.45) is 0. The Bertz CT molecular complexity index is 2650. The van der Waals surface area contributed by atoms with E-state index in [1.807, 2.05) is 28.8 Å². The normalized spacial score (nSPS) is 13.9. The first-order chi connectivity index (χ1) is 21.4. The molecule has 9 rings (SSSR count). The van der Waals surface area contributed by atoms with Crippen molar-refractivity contribution >= 4 is 65.0 Å². The maximum absolute atomic E-state index is 8.72. The van der Waals surface area contributed by atoms with Gasteiger partial charge in [0.05, 0.1) is 29.1 Å². The summed E-state index contributed by atoms with van der Waals surface area (Å²) < 4.78 is 44.2. The van der Waals surface area contributed by atoms with Gasteiger partial charge < -0.3 is 0 Å². The van der Waals surface area contributed by atoms with Gasteiger partial charge in [-0.15, -0.1) is 0 Å². The second-order valence-corrected chi connectivity index (χ2v) is 9.83. The summed E-state index contributed by atoms with van der Waals surface area (Å²) in [6.45, 7) is 0. The first-order valence-corrected chi connectivity index (χ1v) is 12.9. The molecule has 2 aromatic heterocycles. The Morgan fingerprint density at radius 2 is 1.18 bits per heavy atom. The van der Waals surface area contributed by atoms with Gasteiger partial charge in [0.25, 0.3) is 0 Å². The largest absolute Gasteiger partial charge is 0.278 e. The van der Waals surface area contributed by atoms with E-state index in [4.69, 9.17) is 16.8 Å². The highest BCUT2D eigenvalue weighted by molar-refractivity contribution is 6.37. The number of rotatable bonds is 2. The summed E-state index contributed by atoms with van der Waals surface area (Å²) in [4.78, 5) is 10.0. The standard InChI is InChI=1S/C36H21N3/c1-2-11-23(12-3-1)35-27-14-6-7-17-29(27)37-36(38-35)39-30-18-8-15-25-26-21-20-22-10-4-5-13-24(22)32(26)28-16-9-19-31(39)34(28)33(25)30/h1-21H/i1D,2D,3D,11D,12D. The van der Waals surface area contributed by atoms with Crippen molar-refractivity contribution < 1.29 is 6.85 Å². The van der Waals surface area contributed by atoms with Crippen molar-refractivity contribution in [2.24, 2.45) is 0 Å². The van der Waals surface area contributed by atoms with Crippen molar-refractivity contribution in [3.05, 3.63) is 127 Å². The Hall–Kier alpha value is -5.28. The highest BCUT2D eigenvalue weighted by atomic mass is 15.2. The molecule has 3 heteroatoms. The van der Waals surface area contributed by atoms with Crippen molar-refractivity contribution in [2.45, 2.75) is 0 Å². The van der Waals surface area contributed by atoms with Crippen LogP contribution in [0, 0.1) is 0 Å². The minimum atomic E-state index is -0.435.